The summed E-state index contributed by atoms with van der Waals surface area (Å²) < 4.78 is 0. The van der Waals surface area contributed by atoms with Crippen LogP contribution in [0, 0.1) is 52.3 Å². The molecule has 0 aromatic heterocycles. The van der Waals surface area contributed by atoms with Crippen molar-refractivity contribution in [2.24, 2.45) is 52.3 Å². The second-order valence-corrected chi connectivity index (χ2v) is 12.7. The molecule has 4 aliphatic rings. The van der Waals surface area contributed by atoms with Crippen molar-refractivity contribution in [3.05, 3.63) is 11.6 Å². The molecule has 3 unspecified atom stereocenters. The average Bonchev–Trinajstić information content (AvgIpc) is 3.03. The first-order valence-corrected chi connectivity index (χ1v) is 13.0. The summed E-state index contributed by atoms with van der Waals surface area (Å²) in [6.07, 6.45) is 15.7. The Labute approximate surface area is 181 Å². The molecule has 0 spiro atoms. The summed E-state index contributed by atoms with van der Waals surface area (Å²) in [7, 11) is 0. The quantitative estimate of drug-likeness (QED) is 0.470. The van der Waals surface area contributed by atoms with Crippen LogP contribution in [0.4, 0.5) is 0 Å². The van der Waals surface area contributed by atoms with Gasteiger partial charge in [0.05, 0.1) is 6.10 Å². The maximum absolute atomic E-state index is 10.2. The van der Waals surface area contributed by atoms with E-state index in [0.29, 0.717) is 10.8 Å². The third-order valence-corrected chi connectivity index (χ3v) is 11.1. The largest absolute Gasteiger partial charge is 0.393 e. The zero-order valence-electron chi connectivity index (χ0n) is 20.2. The molecular weight excluding hydrogens is 352 g/mol. The number of aliphatic hydroxyl groups is 1. The maximum Gasteiger partial charge on any atom is 0.0577 e. The van der Waals surface area contributed by atoms with E-state index >= 15 is 0 Å². The fraction of sp³-hybridized carbons (Fsp3) is 0.929. The molecule has 1 nitrogen and oxygen atoms in total. The van der Waals surface area contributed by atoms with Crippen LogP contribution in [-0.2, 0) is 0 Å². The smallest absolute Gasteiger partial charge is 0.0577 e. The maximum atomic E-state index is 10.2. The van der Waals surface area contributed by atoms with Crippen LogP contribution >= 0.6 is 0 Å². The lowest BCUT2D eigenvalue weighted by Crippen LogP contribution is -2.50. The van der Waals surface area contributed by atoms with Crippen molar-refractivity contribution in [3.63, 3.8) is 0 Å². The van der Waals surface area contributed by atoms with Gasteiger partial charge in [0.2, 0.25) is 0 Å². The number of fused-ring (bicyclic) bond motifs is 5. The number of rotatable bonds is 5. The van der Waals surface area contributed by atoms with Gasteiger partial charge in [-0.25, -0.2) is 0 Å². The molecule has 0 radical (unpaired) electrons. The SMILES string of the molecule is CC(C)[C@@H](C)CC[C@@H](C)[C@H]1CCC2C3CC=C4C[C@@H](O)CC[C@]4(C)C3CC[C@@]21C. The van der Waals surface area contributed by atoms with Crippen LogP contribution < -0.4 is 0 Å². The van der Waals surface area contributed by atoms with Gasteiger partial charge in [-0.1, -0.05) is 66.0 Å². The van der Waals surface area contributed by atoms with E-state index in [0.717, 1.165) is 54.3 Å². The van der Waals surface area contributed by atoms with Crippen LogP contribution in [0.3, 0.4) is 0 Å². The van der Waals surface area contributed by atoms with Crippen molar-refractivity contribution in [2.45, 2.75) is 112 Å². The average molecular weight is 401 g/mol. The molecule has 166 valence electrons. The van der Waals surface area contributed by atoms with Crippen molar-refractivity contribution in [1.29, 1.82) is 0 Å². The number of allylic oxidation sites excluding steroid dienone is 1. The number of hydrogen-bond acceptors (Lipinski definition) is 1. The van der Waals surface area contributed by atoms with Crippen molar-refractivity contribution in [2.75, 3.05) is 0 Å². The van der Waals surface area contributed by atoms with Gasteiger partial charge in [-0.3, -0.25) is 0 Å². The van der Waals surface area contributed by atoms with Crippen LogP contribution in [0.5, 0.6) is 0 Å². The summed E-state index contributed by atoms with van der Waals surface area (Å²) in [4.78, 5) is 0. The standard InChI is InChI=1S/C28H48O/c1-18(2)19(3)7-8-20(4)24-11-12-25-23-10-9-21-17-22(29)13-15-27(21,5)26(23)14-16-28(24,25)6/h9,18-20,22-26,29H,7-8,10-17H2,1-6H3/t19-,20+,22-,23?,24+,25?,26?,27-,28+/m0/s1. The van der Waals surface area contributed by atoms with Crippen LogP contribution in [0.25, 0.3) is 0 Å². The van der Waals surface area contributed by atoms with E-state index < -0.39 is 0 Å². The van der Waals surface area contributed by atoms with Crippen molar-refractivity contribution in [1.82, 2.24) is 0 Å². The summed E-state index contributed by atoms with van der Waals surface area (Å²) >= 11 is 0. The predicted octanol–water partition coefficient (Wildman–Crippen LogP) is 7.63. The summed E-state index contributed by atoms with van der Waals surface area (Å²) in [5, 5.41) is 10.2. The Bertz CT molecular complexity index is 620. The molecule has 0 heterocycles. The second-order valence-electron chi connectivity index (χ2n) is 12.7. The lowest BCUT2D eigenvalue weighted by molar-refractivity contribution is -0.0574. The van der Waals surface area contributed by atoms with Crippen LogP contribution in [0.15, 0.2) is 11.6 Å². The van der Waals surface area contributed by atoms with Crippen LogP contribution in [0.1, 0.15) is 106 Å². The van der Waals surface area contributed by atoms with E-state index in [1.165, 1.54) is 51.4 Å². The molecule has 4 rings (SSSR count). The summed E-state index contributed by atoms with van der Waals surface area (Å²) in [5.41, 5.74) is 2.59. The van der Waals surface area contributed by atoms with Crippen LogP contribution in [0.2, 0.25) is 0 Å². The molecule has 3 fully saturated rings. The molecule has 0 amide bonds. The third-order valence-electron chi connectivity index (χ3n) is 11.1. The highest BCUT2D eigenvalue weighted by molar-refractivity contribution is 5.25. The van der Waals surface area contributed by atoms with Gasteiger partial charge in [-0.15, -0.1) is 0 Å². The third kappa shape index (κ3) is 3.66. The molecule has 1 N–H and O–H groups in total. The zero-order valence-corrected chi connectivity index (χ0v) is 20.2. The minimum absolute atomic E-state index is 0.0790. The molecule has 4 aliphatic carbocycles. The fourth-order valence-corrected chi connectivity index (χ4v) is 8.68. The van der Waals surface area contributed by atoms with Gasteiger partial charge in [-0.2, -0.15) is 0 Å². The molecular formula is C28H48O. The van der Waals surface area contributed by atoms with E-state index in [1.807, 2.05) is 0 Å². The Kier molecular flexibility index (Phi) is 6.04. The van der Waals surface area contributed by atoms with Crippen LogP contribution in [-0.4, -0.2) is 11.2 Å². The van der Waals surface area contributed by atoms with Crippen molar-refractivity contribution >= 4 is 0 Å². The molecule has 9 atom stereocenters. The molecule has 0 bridgehead atoms. The van der Waals surface area contributed by atoms with Crippen molar-refractivity contribution in [3.8, 4) is 0 Å². The Morgan fingerprint density at radius 3 is 2.45 bits per heavy atom. The minimum Gasteiger partial charge on any atom is -0.393 e. The Hall–Kier alpha value is -0.300. The topological polar surface area (TPSA) is 20.2 Å². The van der Waals surface area contributed by atoms with Gasteiger partial charge in [0.15, 0.2) is 0 Å². The van der Waals surface area contributed by atoms with Gasteiger partial charge in [0.1, 0.15) is 0 Å². The molecule has 0 aromatic rings. The minimum atomic E-state index is -0.0790. The van der Waals surface area contributed by atoms with Gasteiger partial charge in [0.25, 0.3) is 0 Å². The van der Waals surface area contributed by atoms with E-state index in [9.17, 15) is 5.11 Å². The fourth-order valence-electron chi connectivity index (χ4n) is 8.68. The highest BCUT2D eigenvalue weighted by atomic mass is 16.3. The Balaban J connectivity index is 1.49. The highest BCUT2D eigenvalue weighted by Gasteiger charge is 2.59. The number of hydrogen-bond donors (Lipinski definition) is 1. The zero-order chi connectivity index (χ0) is 21.0. The first-order chi connectivity index (χ1) is 13.7. The monoisotopic (exact) mass is 400 g/mol. The normalized spacial score (nSPS) is 46.5. The predicted molar refractivity (Wildman–Crippen MR) is 124 cm³/mol. The van der Waals surface area contributed by atoms with Crippen molar-refractivity contribution < 1.29 is 5.11 Å². The summed E-state index contributed by atoms with van der Waals surface area (Å²) in [6, 6.07) is 0. The summed E-state index contributed by atoms with van der Waals surface area (Å²) in [6.45, 7) is 15.1. The molecule has 0 saturated heterocycles. The van der Waals surface area contributed by atoms with Gasteiger partial charge >= 0.3 is 0 Å². The summed E-state index contributed by atoms with van der Waals surface area (Å²) in [5.74, 6) is 6.24. The molecule has 0 aromatic carbocycles. The van der Waals surface area contributed by atoms with E-state index in [1.54, 1.807) is 5.57 Å². The van der Waals surface area contributed by atoms with Gasteiger partial charge < -0.3 is 5.11 Å². The highest BCUT2D eigenvalue weighted by Crippen LogP contribution is 2.67. The van der Waals surface area contributed by atoms with E-state index in [4.69, 9.17) is 0 Å². The van der Waals surface area contributed by atoms with E-state index in [-0.39, 0.29) is 6.10 Å². The lowest BCUT2D eigenvalue weighted by Gasteiger charge is -2.58. The number of aliphatic hydroxyl groups excluding tert-OH is 1. The Morgan fingerprint density at radius 2 is 1.72 bits per heavy atom. The van der Waals surface area contributed by atoms with Gasteiger partial charge in [-0.05, 0) is 104 Å². The van der Waals surface area contributed by atoms with Gasteiger partial charge in [0, 0.05) is 0 Å². The molecule has 0 aliphatic heterocycles. The molecule has 1 heteroatoms. The second kappa shape index (κ2) is 7.99. The molecule has 3 saturated carbocycles. The lowest BCUT2D eigenvalue weighted by atomic mass is 9.47. The first-order valence-electron chi connectivity index (χ1n) is 13.0. The first kappa shape index (κ1) is 21.9. The molecule has 29 heavy (non-hydrogen) atoms. The van der Waals surface area contributed by atoms with E-state index in [2.05, 4.69) is 47.6 Å². The Morgan fingerprint density at radius 1 is 0.966 bits per heavy atom.